The highest BCUT2D eigenvalue weighted by Crippen LogP contribution is 2.26. The number of hydrogen-bond acceptors (Lipinski definition) is 6. The lowest BCUT2D eigenvalue weighted by molar-refractivity contribution is -0.117. The molecule has 1 amide bonds. The number of phenolic OH excluding ortho intramolecular Hbond substituents is 1. The van der Waals surface area contributed by atoms with Crippen LogP contribution in [0.15, 0.2) is 23.1 Å². The Labute approximate surface area is 123 Å². The molecule has 1 fully saturated rings. The lowest BCUT2D eigenvalue weighted by atomic mass is 10.2. The van der Waals surface area contributed by atoms with E-state index in [1.807, 2.05) is 0 Å². The number of nitrogens with one attached hydrogen (secondary N) is 2. The number of ether oxygens (including phenoxy) is 1. The van der Waals surface area contributed by atoms with Gasteiger partial charge in [0.05, 0.1) is 23.8 Å². The summed E-state index contributed by atoms with van der Waals surface area (Å²) in [4.78, 5) is 12.0. The summed E-state index contributed by atoms with van der Waals surface area (Å²) in [6.07, 6.45) is 1.25. The van der Waals surface area contributed by atoms with Crippen LogP contribution in [0.1, 0.15) is 6.42 Å². The second-order valence-corrected chi connectivity index (χ2v) is 6.95. The average molecular weight is 314 g/mol. The van der Waals surface area contributed by atoms with Gasteiger partial charge in [-0.15, -0.1) is 0 Å². The highest BCUT2D eigenvalue weighted by molar-refractivity contribution is 7.90. The molecule has 1 aromatic rings. The minimum absolute atomic E-state index is 0.0368. The van der Waals surface area contributed by atoms with E-state index in [-0.39, 0.29) is 34.7 Å². The summed E-state index contributed by atoms with van der Waals surface area (Å²) < 4.78 is 28.2. The number of hydrogen-bond donors (Lipinski definition) is 3. The summed E-state index contributed by atoms with van der Waals surface area (Å²) in [7, 11) is -3.40. The molecule has 2 rings (SSSR count). The van der Waals surface area contributed by atoms with Gasteiger partial charge in [0.1, 0.15) is 5.75 Å². The van der Waals surface area contributed by atoms with Crippen LogP contribution in [0.25, 0.3) is 0 Å². The maximum absolute atomic E-state index is 11.9. The van der Waals surface area contributed by atoms with Gasteiger partial charge in [0, 0.05) is 25.3 Å². The summed E-state index contributed by atoms with van der Waals surface area (Å²) >= 11 is 0. The van der Waals surface area contributed by atoms with Crippen LogP contribution >= 0.6 is 0 Å². The molecule has 1 unspecified atom stereocenters. The Balaban J connectivity index is 2.06. The van der Waals surface area contributed by atoms with Crippen molar-refractivity contribution in [3.8, 4) is 5.75 Å². The molecular formula is C13H18N2O5S. The first-order chi connectivity index (χ1) is 9.86. The van der Waals surface area contributed by atoms with Crippen molar-refractivity contribution >= 4 is 21.4 Å². The number of phenols is 1. The Morgan fingerprint density at radius 3 is 2.90 bits per heavy atom. The molecule has 0 radical (unpaired) electrons. The quantitative estimate of drug-likeness (QED) is 0.682. The zero-order valence-corrected chi connectivity index (χ0v) is 12.4. The van der Waals surface area contributed by atoms with Crippen molar-refractivity contribution < 1.29 is 23.1 Å². The minimum atomic E-state index is -3.40. The standard InChI is InChI=1S/C13H18N2O5S/c1-21(18,19)10-2-3-12(16)11(7-10)15-13(17)6-9-8-20-5-4-14-9/h2-3,7,9,14,16H,4-6,8H2,1H3,(H,15,17). The second-order valence-electron chi connectivity index (χ2n) is 4.93. The summed E-state index contributed by atoms with van der Waals surface area (Å²) in [5.41, 5.74) is 0.0830. The average Bonchev–Trinajstić information content (AvgIpc) is 2.41. The van der Waals surface area contributed by atoms with E-state index in [2.05, 4.69) is 10.6 Å². The van der Waals surface area contributed by atoms with Gasteiger partial charge in [0.2, 0.25) is 5.91 Å². The molecule has 0 saturated carbocycles. The summed E-state index contributed by atoms with van der Waals surface area (Å²) in [6, 6.07) is 3.69. The number of benzene rings is 1. The smallest absolute Gasteiger partial charge is 0.226 e. The van der Waals surface area contributed by atoms with Crippen LogP contribution in [0.4, 0.5) is 5.69 Å². The van der Waals surface area contributed by atoms with E-state index in [4.69, 9.17) is 4.74 Å². The second kappa shape index (κ2) is 6.42. The normalized spacial score (nSPS) is 19.2. The molecule has 7 nitrogen and oxygen atoms in total. The van der Waals surface area contributed by atoms with Crippen LogP contribution in [0, 0.1) is 0 Å². The van der Waals surface area contributed by atoms with E-state index < -0.39 is 9.84 Å². The molecule has 1 aliphatic rings. The van der Waals surface area contributed by atoms with Crippen LogP contribution in [0.5, 0.6) is 5.75 Å². The van der Waals surface area contributed by atoms with Crippen LogP contribution in [-0.2, 0) is 19.4 Å². The van der Waals surface area contributed by atoms with Crippen LogP contribution in [0.2, 0.25) is 0 Å². The predicted molar refractivity (Wildman–Crippen MR) is 77.1 cm³/mol. The van der Waals surface area contributed by atoms with Crippen molar-refractivity contribution in [2.24, 2.45) is 0 Å². The number of rotatable bonds is 4. The predicted octanol–water partition coefficient (Wildman–Crippen LogP) is 0.113. The molecule has 3 N–H and O–H groups in total. The molecule has 0 aromatic heterocycles. The number of aromatic hydroxyl groups is 1. The lowest BCUT2D eigenvalue weighted by Crippen LogP contribution is -2.43. The molecule has 1 aromatic carbocycles. The Morgan fingerprint density at radius 1 is 1.52 bits per heavy atom. The van der Waals surface area contributed by atoms with E-state index in [0.717, 1.165) is 6.26 Å². The number of morpholine rings is 1. The van der Waals surface area contributed by atoms with Gasteiger partial charge in [-0.05, 0) is 18.2 Å². The minimum Gasteiger partial charge on any atom is -0.506 e. The topological polar surface area (TPSA) is 105 Å². The van der Waals surface area contributed by atoms with E-state index in [1.165, 1.54) is 18.2 Å². The van der Waals surface area contributed by atoms with Crippen molar-refractivity contribution in [2.45, 2.75) is 17.4 Å². The van der Waals surface area contributed by atoms with Gasteiger partial charge in [-0.1, -0.05) is 0 Å². The van der Waals surface area contributed by atoms with Gasteiger partial charge >= 0.3 is 0 Å². The van der Waals surface area contributed by atoms with Crippen molar-refractivity contribution in [3.63, 3.8) is 0 Å². The first-order valence-electron chi connectivity index (χ1n) is 6.50. The molecule has 0 bridgehead atoms. The molecule has 8 heteroatoms. The van der Waals surface area contributed by atoms with E-state index in [1.54, 1.807) is 0 Å². The summed E-state index contributed by atoms with van der Waals surface area (Å²) in [5, 5.41) is 15.4. The largest absolute Gasteiger partial charge is 0.506 e. The number of anilines is 1. The summed E-state index contributed by atoms with van der Waals surface area (Å²) in [5.74, 6) is -0.498. The molecule has 21 heavy (non-hydrogen) atoms. The van der Waals surface area contributed by atoms with Crippen molar-refractivity contribution in [1.82, 2.24) is 5.32 Å². The fourth-order valence-corrected chi connectivity index (χ4v) is 2.67. The van der Waals surface area contributed by atoms with Gasteiger partial charge in [0.15, 0.2) is 9.84 Å². The highest BCUT2D eigenvalue weighted by Gasteiger charge is 2.18. The molecule has 1 heterocycles. The maximum atomic E-state index is 11.9. The summed E-state index contributed by atoms with van der Waals surface area (Å²) in [6.45, 7) is 1.75. The Kier molecular flexibility index (Phi) is 4.81. The molecule has 116 valence electrons. The van der Waals surface area contributed by atoms with Gasteiger partial charge in [-0.3, -0.25) is 4.79 Å². The molecule has 1 aliphatic heterocycles. The number of sulfone groups is 1. The van der Waals surface area contributed by atoms with E-state index in [0.29, 0.717) is 19.8 Å². The van der Waals surface area contributed by atoms with Gasteiger partial charge in [-0.2, -0.15) is 0 Å². The van der Waals surface area contributed by atoms with Gasteiger partial charge in [0.25, 0.3) is 0 Å². The van der Waals surface area contributed by atoms with E-state index in [9.17, 15) is 18.3 Å². The Morgan fingerprint density at radius 2 is 2.29 bits per heavy atom. The number of carbonyl (C=O) groups is 1. The SMILES string of the molecule is CS(=O)(=O)c1ccc(O)c(NC(=O)CC2COCCN2)c1. The van der Waals surface area contributed by atoms with Crippen LogP contribution in [0.3, 0.4) is 0 Å². The third kappa shape index (κ3) is 4.42. The Bertz CT molecular complexity index is 623. The molecule has 0 spiro atoms. The molecule has 0 aliphatic carbocycles. The van der Waals surface area contributed by atoms with Crippen molar-refractivity contribution in [2.75, 3.05) is 31.3 Å². The van der Waals surface area contributed by atoms with E-state index >= 15 is 0 Å². The number of carbonyl (C=O) groups excluding carboxylic acids is 1. The first-order valence-corrected chi connectivity index (χ1v) is 8.39. The fourth-order valence-electron chi connectivity index (χ4n) is 2.02. The monoisotopic (exact) mass is 314 g/mol. The zero-order valence-electron chi connectivity index (χ0n) is 11.6. The number of amides is 1. The third-order valence-electron chi connectivity index (χ3n) is 3.10. The molecule has 1 saturated heterocycles. The van der Waals surface area contributed by atoms with Crippen molar-refractivity contribution in [3.05, 3.63) is 18.2 Å². The van der Waals surface area contributed by atoms with Crippen LogP contribution in [-0.4, -0.2) is 51.5 Å². The molecular weight excluding hydrogens is 296 g/mol. The van der Waals surface area contributed by atoms with Gasteiger partial charge in [-0.25, -0.2) is 8.42 Å². The fraction of sp³-hybridized carbons (Fsp3) is 0.462. The zero-order chi connectivity index (χ0) is 15.5. The Hall–Kier alpha value is -1.64. The third-order valence-corrected chi connectivity index (χ3v) is 4.21. The van der Waals surface area contributed by atoms with Gasteiger partial charge < -0.3 is 20.5 Å². The van der Waals surface area contributed by atoms with Crippen molar-refractivity contribution in [1.29, 1.82) is 0 Å². The van der Waals surface area contributed by atoms with Crippen LogP contribution < -0.4 is 10.6 Å². The first kappa shape index (κ1) is 15.7. The highest BCUT2D eigenvalue weighted by atomic mass is 32.2. The molecule has 1 atom stereocenters. The lowest BCUT2D eigenvalue weighted by Gasteiger charge is -2.23. The maximum Gasteiger partial charge on any atom is 0.226 e.